The van der Waals surface area contributed by atoms with Gasteiger partial charge in [-0.05, 0) is 26.1 Å². The third-order valence-corrected chi connectivity index (χ3v) is 3.47. The first-order valence-corrected chi connectivity index (χ1v) is 6.58. The molecule has 1 aliphatic rings. The molecule has 2 N–H and O–H groups in total. The lowest BCUT2D eigenvalue weighted by Gasteiger charge is -2.40. The summed E-state index contributed by atoms with van der Waals surface area (Å²) in [5.41, 5.74) is 1.54. The molecule has 0 bridgehead atoms. The predicted octanol–water partition coefficient (Wildman–Crippen LogP) is 1.13. The number of anilines is 1. The summed E-state index contributed by atoms with van der Waals surface area (Å²) >= 11 is 0. The summed E-state index contributed by atoms with van der Waals surface area (Å²) in [7, 11) is 1.80. The minimum atomic E-state index is -0.207. The van der Waals surface area contributed by atoms with Crippen molar-refractivity contribution in [1.82, 2.24) is 5.32 Å². The maximum absolute atomic E-state index is 14.0. The van der Waals surface area contributed by atoms with Gasteiger partial charge in [-0.2, -0.15) is 0 Å². The topological polar surface area (TPSA) is 44.7 Å². The van der Waals surface area contributed by atoms with Crippen LogP contribution in [0.1, 0.15) is 12.5 Å². The average Bonchev–Trinajstić information content (AvgIpc) is 2.42. The predicted molar refractivity (Wildman–Crippen MR) is 72.8 cm³/mol. The van der Waals surface area contributed by atoms with Crippen molar-refractivity contribution in [3.05, 3.63) is 29.6 Å². The lowest BCUT2D eigenvalue weighted by Crippen LogP contribution is -2.50. The van der Waals surface area contributed by atoms with Gasteiger partial charge >= 0.3 is 0 Å². The molecule has 1 fully saturated rings. The van der Waals surface area contributed by atoms with Crippen LogP contribution < -0.4 is 10.2 Å². The monoisotopic (exact) mass is 268 g/mol. The molecule has 0 aromatic heterocycles. The summed E-state index contributed by atoms with van der Waals surface area (Å²) in [5.74, 6) is -0.203. The maximum atomic E-state index is 14.0. The van der Waals surface area contributed by atoms with Gasteiger partial charge in [0.15, 0.2) is 0 Å². The molecule has 0 aliphatic carbocycles. The van der Waals surface area contributed by atoms with Crippen LogP contribution in [0.3, 0.4) is 0 Å². The molecule has 0 saturated carbocycles. The van der Waals surface area contributed by atoms with Crippen LogP contribution >= 0.6 is 0 Å². The van der Waals surface area contributed by atoms with Crippen LogP contribution in [0.2, 0.25) is 0 Å². The Morgan fingerprint density at radius 3 is 3.00 bits per heavy atom. The van der Waals surface area contributed by atoms with E-state index in [0.717, 1.165) is 5.69 Å². The fourth-order valence-electron chi connectivity index (χ4n) is 2.43. The largest absolute Gasteiger partial charge is 0.394 e. The van der Waals surface area contributed by atoms with Crippen LogP contribution in [0, 0.1) is 5.82 Å². The van der Waals surface area contributed by atoms with Gasteiger partial charge < -0.3 is 20.1 Å². The van der Waals surface area contributed by atoms with E-state index < -0.39 is 0 Å². The van der Waals surface area contributed by atoms with Gasteiger partial charge in [-0.1, -0.05) is 6.07 Å². The molecule has 2 unspecified atom stereocenters. The Hall–Kier alpha value is -1.17. The van der Waals surface area contributed by atoms with Crippen molar-refractivity contribution >= 4 is 5.69 Å². The zero-order chi connectivity index (χ0) is 13.8. The van der Waals surface area contributed by atoms with Gasteiger partial charge in [0.25, 0.3) is 0 Å². The average molecular weight is 268 g/mol. The van der Waals surface area contributed by atoms with Gasteiger partial charge in [-0.25, -0.2) is 4.39 Å². The molecule has 2 atom stereocenters. The van der Waals surface area contributed by atoms with E-state index in [1.165, 1.54) is 6.07 Å². The number of rotatable bonds is 4. The Balaban J connectivity index is 2.31. The van der Waals surface area contributed by atoms with E-state index in [2.05, 4.69) is 10.2 Å². The van der Waals surface area contributed by atoms with Gasteiger partial charge in [0.1, 0.15) is 5.82 Å². The van der Waals surface area contributed by atoms with Gasteiger partial charge in [-0.15, -0.1) is 0 Å². The first kappa shape index (κ1) is 14.2. The Morgan fingerprint density at radius 2 is 2.32 bits per heavy atom. The highest BCUT2D eigenvalue weighted by molar-refractivity contribution is 5.55. The highest BCUT2D eigenvalue weighted by Gasteiger charge is 2.27. The number of aliphatic hydroxyl groups excluding tert-OH is 1. The van der Waals surface area contributed by atoms with E-state index in [1.807, 2.05) is 13.0 Å². The van der Waals surface area contributed by atoms with Gasteiger partial charge in [0, 0.05) is 30.4 Å². The molecule has 106 valence electrons. The molecule has 1 aromatic rings. The summed E-state index contributed by atoms with van der Waals surface area (Å²) in [6, 6.07) is 5.29. The van der Waals surface area contributed by atoms with E-state index in [1.54, 1.807) is 13.1 Å². The Morgan fingerprint density at radius 1 is 1.53 bits per heavy atom. The van der Waals surface area contributed by atoms with Crippen LogP contribution in [-0.2, 0) is 11.3 Å². The third kappa shape index (κ3) is 3.05. The summed E-state index contributed by atoms with van der Waals surface area (Å²) in [5, 5.41) is 12.2. The zero-order valence-corrected chi connectivity index (χ0v) is 11.4. The fourth-order valence-corrected chi connectivity index (χ4v) is 2.43. The lowest BCUT2D eigenvalue weighted by molar-refractivity contribution is -0.0104. The van der Waals surface area contributed by atoms with Gasteiger partial charge in [0.05, 0.1) is 19.3 Å². The number of benzene rings is 1. The lowest BCUT2D eigenvalue weighted by atomic mass is 10.1. The molecular formula is C14H21FN2O2. The number of nitrogens with one attached hydrogen (secondary N) is 1. The summed E-state index contributed by atoms with van der Waals surface area (Å²) in [4.78, 5) is 2.11. The van der Waals surface area contributed by atoms with E-state index in [9.17, 15) is 9.50 Å². The van der Waals surface area contributed by atoms with E-state index in [4.69, 9.17) is 4.74 Å². The number of nitrogens with zero attached hydrogens (tertiary/aromatic N) is 1. The van der Waals surface area contributed by atoms with E-state index in [0.29, 0.717) is 25.3 Å². The van der Waals surface area contributed by atoms with Crippen molar-refractivity contribution in [3.8, 4) is 0 Å². The number of ether oxygens (including phenoxy) is 1. The van der Waals surface area contributed by atoms with Crippen molar-refractivity contribution in [2.75, 3.05) is 31.7 Å². The standard InChI is InChI=1S/C14H21FN2O2/c1-10-9-19-11(8-18)7-17(10)14-5-3-4-13(15)12(14)6-16-2/h3-5,10-11,16,18H,6-9H2,1-2H3. The molecule has 1 aliphatic heterocycles. The SMILES string of the molecule is CNCc1c(F)cccc1N1CC(CO)OCC1C. The molecule has 0 spiro atoms. The van der Waals surface area contributed by atoms with Crippen LogP contribution in [-0.4, -0.2) is 44.1 Å². The normalized spacial score (nSPS) is 23.7. The Kier molecular flexibility index (Phi) is 4.74. The van der Waals surface area contributed by atoms with Crippen molar-refractivity contribution < 1.29 is 14.2 Å². The summed E-state index contributed by atoms with van der Waals surface area (Å²) in [6.07, 6.45) is -0.207. The second kappa shape index (κ2) is 6.32. The second-order valence-corrected chi connectivity index (χ2v) is 4.91. The maximum Gasteiger partial charge on any atom is 0.129 e. The second-order valence-electron chi connectivity index (χ2n) is 4.91. The molecule has 2 rings (SSSR count). The minimum absolute atomic E-state index is 0.0140. The number of aliphatic hydroxyl groups is 1. The highest BCUT2D eigenvalue weighted by Crippen LogP contribution is 2.27. The van der Waals surface area contributed by atoms with Crippen molar-refractivity contribution in [2.24, 2.45) is 0 Å². The summed E-state index contributed by atoms with van der Waals surface area (Å²) in [6.45, 7) is 3.63. The number of halogens is 1. The summed E-state index contributed by atoms with van der Waals surface area (Å²) < 4.78 is 19.5. The van der Waals surface area contributed by atoms with E-state index in [-0.39, 0.29) is 24.6 Å². The first-order chi connectivity index (χ1) is 9.17. The molecule has 0 radical (unpaired) electrons. The first-order valence-electron chi connectivity index (χ1n) is 6.58. The van der Waals surface area contributed by atoms with E-state index >= 15 is 0 Å². The molecule has 1 aromatic carbocycles. The quantitative estimate of drug-likeness (QED) is 0.859. The molecule has 1 heterocycles. The fraction of sp³-hybridized carbons (Fsp3) is 0.571. The Bertz CT molecular complexity index is 428. The molecule has 5 heteroatoms. The molecule has 1 saturated heterocycles. The Labute approximate surface area is 113 Å². The highest BCUT2D eigenvalue weighted by atomic mass is 19.1. The smallest absolute Gasteiger partial charge is 0.129 e. The van der Waals surface area contributed by atoms with Crippen LogP contribution in [0.4, 0.5) is 10.1 Å². The van der Waals surface area contributed by atoms with Gasteiger partial charge in [0.2, 0.25) is 0 Å². The molecular weight excluding hydrogens is 247 g/mol. The molecule has 19 heavy (non-hydrogen) atoms. The van der Waals surface area contributed by atoms with Crippen LogP contribution in [0.25, 0.3) is 0 Å². The van der Waals surface area contributed by atoms with Crippen molar-refractivity contribution in [1.29, 1.82) is 0 Å². The number of hydrogen-bond donors (Lipinski definition) is 2. The molecule has 0 amide bonds. The van der Waals surface area contributed by atoms with Crippen LogP contribution in [0.5, 0.6) is 0 Å². The molecule has 4 nitrogen and oxygen atoms in total. The van der Waals surface area contributed by atoms with Crippen molar-refractivity contribution in [3.63, 3.8) is 0 Å². The van der Waals surface area contributed by atoms with Gasteiger partial charge in [-0.3, -0.25) is 0 Å². The van der Waals surface area contributed by atoms with Crippen molar-refractivity contribution in [2.45, 2.75) is 25.6 Å². The van der Waals surface area contributed by atoms with Crippen LogP contribution in [0.15, 0.2) is 18.2 Å². The number of hydrogen-bond acceptors (Lipinski definition) is 4. The zero-order valence-electron chi connectivity index (χ0n) is 11.4. The minimum Gasteiger partial charge on any atom is -0.394 e. The number of morpholine rings is 1. The third-order valence-electron chi connectivity index (χ3n) is 3.47.